The molecule has 7 nitrogen and oxygen atoms in total. The quantitative estimate of drug-likeness (QED) is 0.683. The number of carbonyl (C=O) groups is 1. The van der Waals surface area contributed by atoms with Crippen molar-refractivity contribution >= 4 is 17.5 Å². The lowest BCUT2D eigenvalue weighted by Gasteiger charge is -2.37. The van der Waals surface area contributed by atoms with E-state index in [4.69, 9.17) is 4.98 Å². The summed E-state index contributed by atoms with van der Waals surface area (Å²) in [4.78, 5) is 30.7. The Balaban J connectivity index is 1.28. The number of aromatic nitrogens is 4. The van der Waals surface area contributed by atoms with E-state index in [9.17, 15) is 4.79 Å². The third-order valence-corrected chi connectivity index (χ3v) is 5.89. The standard InChI is InChI=1S/C21H24N6O/c1-15-3-6-19-24-17-5-4-16(13-18(17)27(19)14-15)20(28)25-9-11-26(12-10-25)21-22-7-2-8-23-21/h2-3,6-8,14,16H,4-5,9-13H2,1H3. The van der Waals surface area contributed by atoms with Crippen LogP contribution in [0.15, 0.2) is 36.8 Å². The van der Waals surface area contributed by atoms with Crippen molar-refractivity contribution in [2.75, 3.05) is 31.1 Å². The fourth-order valence-electron chi connectivity index (χ4n) is 4.36. The number of rotatable bonds is 2. The maximum Gasteiger partial charge on any atom is 0.226 e. The first-order valence-electron chi connectivity index (χ1n) is 9.96. The number of pyridine rings is 1. The van der Waals surface area contributed by atoms with Gasteiger partial charge in [-0.3, -0.25) is 4.79 Å². The minimum Gasteiger partial charge on any atom is -0.339 e. The Morgan fingerprint density at radius 1 is 1.11 bits per heavy atom. The van der Waals surface area contributed by atoms with Gasteiger partial charge >= 0.3 is 0 Å². The molecule has 2 aliphatic rings. The molecule has 0 radical (unpaired) electrons. The van der Waals surface area contributed by atoms with Gasteiger partial charge in [-0.1, -0.05) is 6.07 Å². The summed E-state index contributed by atoms with van der Waals surface area (Å²) in [6, 6.07) is 5.98. The van der Waals surface area contributed by atoms with Gasteiger partial charge in [0.25, 0.3) is 0 Å². The molecule has 0 aromatic carbocycles. The lowest BCUT2D eigenvalue weighted by atomic mass is 9.88. The molecule has 5 rings (SSSR count). The number of anilines is 1. The van der Waals surface area contributed by atoms with E-state index >= 15 is 0 Å². The number of imidazole rings is 1. The summed E-state index contributed by atoms with van der Waals surface area (Å²) in [5.41, 5.74) is 4.56. The van der Waals surface area contributed by atoms with E-state index in [-0.39, 0.29) is 11.8 Å². The number of fused-ring (bicyclic) bond motifs is 3. The number of aryl methyl sites for hydroxylation is 2. The van der Waals surface area contributed by atoms with Crippen molar-refractivity contribution in [3.05, 3.63) is 53.7 Å². The van der Waals surface area contributed by atoms with Crippen LogP contribution in [-0.2, 0) is 17.6 Å². The lowest BCUT2D eigenvalue weighted by Crippen LogP contribution is -2.51. The highest BCUT2D eigenvalue weighted by molar-refractivity contribution is 5.80. The lowest BCUT2D eigenvalue weighted by molar-refractivity contribution is -0.136. The molecule has 1 aliphatic heterocycles. The predicted molar refractivity (Wildman–Crippen MR) is 106 cm³/mol. The Bertz CT molecular complexity index is 1010. The third kappa shape index (κ3) is 3.00. The van der Waals surface area contributed by atoms with E-state index in [1.54, 1.807) is 12.4 Å². The summed E-state index contributed by atoms with van der Waals surface area (Å²) in [5.74, 6) is 1.08. The first-order valence-corrected chi connectivity index (χ1v) is 9.96. The van der Waals surface area contributed by atoms with Gasteiger partial charge in [-0.05, 0) is 37.5 Å². The third-order valence-electron chi connectivity index (χ3n) is 5.89. The number of hydrogen-bond donors (Lipinski definition) is 0. The summed E-state index contributed by atoms with van der Waals surface area (Å²) >= 11 is 0. The minimum absolute atomic E-state index is 0.0486. The molecule has 1 fully saturated rings. The van der Waals surface area contributed by atoms with Crippen LogP contribution >= 0.6 is 0 Å². The van der Waals surface area contributed by atoms with Crippen LogP contribution in [0.25, 0.3) is 5.65 Å². The zero-order valence-electron chi connectivity index (χ0n) is 16.1. The zero-order chi connectivity index (χ0) is 19.1. The molecular weight excluding hydrogens is 352 g/mol. The van der Waals surface area contributed by atoms with Gasteiger partial charge < -0.3 is 14.2 Å². The van der Waals surface area contributed by atoms with Crippen LogP contribution < -0.4 is 4.90 Å². The van der Waals surface area contributed by atoms with E-state index in [1.807, 2.05) is 11.0 Å². The highest BCUT2D eigenvalue weighted by Crippen LogP contribution is 2.28. The van der Waals surface area contributed by atoms with Crippen LogP contribution in [0.5, 0.6) is 0 Å². The van der Waals surface area contributed by atoms with Crippen LogP contribution in [0.4, 0.5) is 5.95 Å². The summed E-state index contributed by atoms with van der Waals surface area (Å²) in [5, 5.41) is 0. The van der Waals surface area contributed by atoms with Crippen LogP contribution in [0.1, 0.15) is 23.4 Å². The molecule has 144 valence electrons. The molecule has 3 aromatic rings. The normalized spacial score (nSPS) is 19.7. The first kappa shape index (κ1) is 17.2. The second-order valence-electron chi connectivity index (χ2n) is 7.74. The molecular formula is C21H24N6O. The Morgan fingerprint density at radius 3 is 2.68 bits per heavy atom. The molecule has 0 N–H and O–H groups in total. The number of piperazine rings is 1. The number of carbonyl (C=O) groups excluding carboxylic acids is 1. The van der Waals surface area contributed by atoms with Gasteiger partial charge in [0.05, 0.1) is 5.69 Å². The van der Waals surface area contributed by atoms with E-state index in [0.29, 0.717) is 0 Å². The predicted octanol–water partition coefficient (Wildman–Crippen LogP) is 1.89. The van der Waals surface area contributed by atoms with Crippen LogP contribution in [0.3, 0.4) is 0 Å². The molecule has 1 saturated heterocycles. The van der Waals surface area contributed by atoms with E-state index < -0.39 is 0 Å². The highest BCUT2D eigenvalue weighted by atomic mass is 16.2. The maximum absolute atomic E-state index is 13.2. The van der Waals surface area contributed by atoms with Gasteiger partial charge in [-0.25, -0.2) is 15.0 Å². The number of amides is 1. The SMILES string of the molecule is Cc1ccc2nc3c(n2c1)CC(C(=O)N1CCN(c2ncccn2)CC1)CC3. The van der Waals surface area contributed by atoms with Gasteiger partial charge in [0, 0.05) is 62.8 Å². The molecule has 0 bridgehead atoms. The van der Waals surface area contributed by atoms with Gasteiger partial charge in [0.15, 0.2) is 0 Å². The van der Waals surface area contributed by atoms with Crippen molar-refractivity contribution in [2.45, 2.75) is 26.2 Å². The summed E-state index contributed by atoms with van der Waals surface area (Å²) in [6.07, 6.45) is 8.20. The van der Waals surface area contributed by atoms with Crippen molar-refractivity contribution in [1.29, 1.82) is 0 Å². The molecule has 0 spiro atoms. The fraction of sp³-hybridized carbons (Fsp3) is 0.429. The minimum atomic E-state index is 0.0486. The van der Waals surface area contributed by atoms with Crippen LogP contribution in [-0.4, -0.2) is 56.3 Å². The van der Waals surface area contributed by atoms with Crippen molar-refractivity contribution in [3.8, 4) is 0 Å². The molecule has 3 aromatic heterocycles. The Kier molecular flexibility index (Phi) is 4.22. The van der Waals surface area contributed by atoms with Gasteiger partial charge in [-0.15, -0.1) is 0 Å². The van der Waals surface area contributed by atoms with Crippen molar-refractivity contribution < 1.29 is 4.79 Å². The summed E-state index contributed by atoms with van der Waals surface area (Å²) in [7, 11) is 0. The monoisotopic (exact) mass is 376 g/mol. The van der Waals surface area contributed by atoms with Crippen molar-refractivity contribution in [3.63, 3.8) is 0 Å². The number of hydrogen-bond acceptors (Lipinski definition) is 5. The summed E-state index contributed by atoms with van der Waals surface area (Å²) in [6.45, 7) is 5.11. The first-order chi connectivity index (χ1) is 13.7. The average molecular weight is 376 g/mol. The average Bonchev–Trinajstić information content (AvgIpc) is 3.11. The molecule has 28 heavy (non-hydrogen) atoms. The Labute approximate surface area is 164 Å². The maximum atomic E-state index is 13.2. The second kappa shape index (κ2) is 6.89. The molecule has 7 heteroatoms. The van der Waals surface area contributed by atoms with Crippen LogP contribution in [0, 0.1) is 12.8 Å². The van der Waals surface area contributed by atoms with Gasteiger partial charge in [0.1, 0.15) is 5.65 Å². The fourth-order valence-corrected chi connectivity index (χ4v) is 4.36. The van der Waals surface area contributed by atoms with Crippen molar-refractivity contribution in [1.82, 2.24) is 24.3 Å². The molecule has 1 unspecified atom stereocenters. The highest BCUT2D eigenvalue weighted by Gasteiger charge is 2.32. The van der Waals surface area contributed by atoms with Crippen LogP contribution in [0.2, 0.25) is 0 Å². The topological polar surface area (TPSA) is 66.6 Å². The van der Waals surface area contributed by atoms with E-state index in [1.165, 1.54) is 11.3 Å². The molecule has 4 heterocycles. The molecule has 1 atom stereocenters. The second-order valence-corrected chi connectivity index (χ2v) is 7.74. The largest absolute Gasteiger partial charge is 0.339 e. The smallest absolute Gasteiger partial charge is 0.226 e. The van der Waals surface area contributed by atoms with E-state index in [0.717, 1.165) is 62.7 Å². The zero-order valence-corrected chi connectivity index (χ0v) is 16.1. The Morgan fingerprint density at radius 2 is 1.89 bits per heavy atom. The van der Waals surface area contributed by atoms with Crippen molar-refractivity contribution in [2.24, 2.45) is 5.92 Å². The van der Waals surface area contributed by atoms with Gasteiger partial charge in [-0.2, -0.15) is 0 Å². The van der Waals surface area contributed by atoms with E-state index in [2.05, 4.69) is 44.5 Å². The van der Waals surface area contributed by atoms with Gasteiger partial charge in [0.2, 0.25) is 11.9 Å². The Hall–Kier alpha value is -2.96. The molecule has 1 amide bonds. The number of nitrogens with zero attached hydrogens (tertiary/aromatic N) is 6. The summed E-state index contributed by atoms with van der Waals surface area (Å²) < 4.78 is 2.18. The molecule has 1 aliphatic carbocycles. The molecule has 0 saturated carbocycles.